The molecule has 9 heteroatoms. The third kappa shape index (κ3) is 7.03. The SMILES string of the molecule is COc1ccc(C=CC(=O)NC(=S)Nc2ccccc2C(=O)NCC2CCCO2)cc1OC. The van der Waals surface area contributed by atoms with E-state index in [0.29, 0.717) is 29.3 Å². The summed E-state index contributed by atoms with van der Waals surface area (Å²) in [6.07, 6.45) is 4.98. The minimum absolute atomic E-state index is 0.0480. The molecule has 0 spiro atoms. The highest BCUT2D eigenvalue weighted by Gasteiger charge is 2.18. The second kappa shape index (κ2) is 12.0. The Balaban J connectivity index is 1.56. The fourth-order valence-corrected chi connectivity index (χ4v) is 3.54. The molecule has 2 aromatic rings. The molecule has 1 heterocycles. The lowest BCUT2D eigenvalue weighted by molar-refractivity contribution is -0.115. The van der Waals surface area contributed by atoms with Crippen LogP contribution in [0, 0.1) is 0 Å². The molecule has 1 aliphatic heterocycles. The molecule has 3 N–H and O–H groups in total. The van der Waals surface area contributed by atoms with Crippen LogP contribution in [0.4, 0.5) is 5.69 Å². The average Bonchev–Trinajstić information content (AvgIpc) is 3.35. The van der Waals surface area contributed by atoms with Gasteiger partial charge in [-0.25, -0.2) is 0 Å². The molecular weight excluding hydrogens is 442 g/mol. The minimum Gasteiger partial charge on any atom is -0.493 e. The zero-order chi connectivity index (χ0) is 23.6. The van der Waals surface area contributed by atoms with Crippen molar-refractivity contribution in [2.75, 3.05) is 32.7 Å². The van der Waals surface area contributed by atoms with Crippen LogP contribution in [-0.2, 0) is 9.53 Å². The highest BCUT2D eigenvalue weighted by Crippen LogP contribution is 2.27. The topological polar surface area (TPSA) is 97.9 Å². The molecule has 0 saturated carbocycles. The second-order valence-electron chi connectivity index (χ2n) is 7.28. The van der Waals surface area contributed by atoms with Crippen molar-refractivity contribution >= 4 is 40.9 Å². The number of thiocarbonyl (C=S) groups is 1. The van der Waals surface area contributed by atoms with Gasteiger partial charge in [0, 0.05) is 19.2 Å². The Bertz CT molecular complexity index is 1030. The van der Waals surface area contributed by atoms with Crippen LogP contribution in [0.1, 0.15) is 28.8 Å². The summed E-state index contributed by atoms with van der Waals surface area (Å²) in [6.45, 7) is 1.18. The molecule has 33 heavy (non-hydrogen) atoms. The van der Waals surface area contributed by atoms with Crippen molar-refractivity contribution in [3.8, 4) is 11.5 Å². The van der Waals surface area contributed by atoms with Gasteiger partial charge in [-0.15, -0.1) is 0 Å². The highest BCUT2D eigenvalue weighted by atomic mass is 32.1. The Morgan fingerprint density at radius 3 is 2.67 bits per heavy atom. The summed E-state index contributed by atoms with van der Waals surface area (Å²) in [5.41, 5.74) is 1.68. The summed E-state index contributed by atoms with van der Waals surface area (Å²) >= 11 is 5.25. The monoisotopic (exact) mass is 469 g/mol. The van der Waals surface area contributed by atoms with Crippen molar-refractivity contribution < 1.29 is 23.8 Å². The zero-order valence-corrected chi connectivity index (χ0v) is 19.4. The number of hydrogen-bond donors (Lipinski definition) is 3. The molecule has 0 radical (unpaired) electrons. The van der Waals surface area contributed by atoms with Gasteiger partial charge < -0.3 is 24.8 Å². The Hall–Kier alpha value is -3.43. The number of hydrogen-bond acceptors (Lipinski definition) is 6. The molecule has 1 unspecified atom stereocenters. The number of carbonyl (C=O) groups is 2. The van der Waals surface area contributed by atoms with E-state index in [2.05, 4.69) is 16.0 Å². The van der Waals surface area contributed by atoms with Crippen molar-refractivity contribution in [2.45, 2.75) is 18.9 Å². The maximum atomic E-state index is 12.6. The van der Waals surface area contributed by atoms with Crippen LogP contribution in [0.3, 0.4) is 0 Å². The molecule has 0 aromatic heterocycles. The quantitative estimate of drug-likeness (QED) is 0.404. The van der Waals surface area contributed by atoms with E-state index >= 15 is 0 Å². The predicted octanol–water partition coefficient (Wildman–Crippen LogP) is 3.14. The second-order valence-corrected chi connectivity index (χ2v) is 7.69. The number of anilines is 1. The van der Waals surface area contributed by atoms with Crippen molar-refractivity contribution in [2.24, 2.45) is 0 Å². The number of methoxy groups -OCH3 is 2. The summed E-state index contributed by atoms with van der Waals surface area (Å²) in [7, 11) is 3.10. The van der Waals surface area contributed by atoms with Gasteiger partial charge in [-0.2, -0.15) is 0 Å². The van der Waals surface area contributed by atoms with Crippen molar-refractivity contribution in [3.63, 3.8) is 0 Å². The van der Waals surface area contributed by atoms with Crippen molar-refractivity contribution in [1.82, 2.24) is 10.6 Å². The van der Waals surface area contributed by atoms with Gasteiger partial charge in [-0.1, -0.05) is 18.2 Å². The Kier molecular flexibility index (Phi) is 8.79. The Labute approximate surface area is 198 Å². The van der Waals surface area contributed by atoms with Crippen molar-refractivity contribution in [3.05, 3.63) is 59.7 Å². The normalized spacial score (nSPS) is 15.2. The molecule has 1 fully saturated rings. The van der Waals surface area contributed by atoms with Crippen molar-refractivity contribution in [1.29, 1.82) is 0 Å². The fourth-order valence-electron chi connectivity index (χ4n) is 3.33. The lowest BCUT2D eigenvalue weighted by atomic mass is 10.1. The first-order valence-corrected chi connectivity index (χ1v) is 10.9. The molecule has 1 atom stereocenters. The van der Waals surface area contributed by atoms with Gasteiger partial charge in [0.25, 0.3) is 5.91 Å². The van der Waals surface area contributed by atoms with Gasteiger partial charge in [0.15, 0.2) is 16.6 Å². The standard InChI is InChI=1S/C24H27N3O5S/c1-30-20-11-9-16(14-21(20)31-2)10-12-22(28)27-24(33)26-19-8-4-3-7-18(19)23(29)25-15-17-6-5-13-32-17/h3-4,7-12,14,17H,5-6,13,15H2,1-2H3,(H,25,29)(H2,26,27,28,33). The van der Waals surface area contributed by atoms with Crippen LogP contribution in [0.15, 0.2) is 48.5 Å². The molecular formula is C24H27N3O5S. The first-order chi connectivity index (χ1) is 16.0. The lowest BCUT2D eigenvalue weighted by Crippen LogP contribution is -2.35. The van der Waals surface area contributed by atoms with Crippen LogP contribution in [0.5, 0.6) is 11.5 Å². The first-order valence-electron chi connectivity index (χ1n) is 10.5. The van der Waals surface area contributed by atoms with E-state index in [0.717, 1.165) is 25.0 Å². The van der Waals surface area contributed by atoms with E-state index in [1.54, 1.807) is 62.8 Å². The summed E-state index contributed by atoms with van der Waals surface area (Å²) < 4.78 is 16.0. The minimum atomic E-state index is -0.414. The summed E-state index contributed by atoms with van der Waals surface area (Å²) in [4.78, 5) is 24.9. The fraction of sp³-hybridized carbons (Fsp3) is 0.292. The molecule has 2 amide bonds. The molecule has 1 saturated heterocycles. The van der Waals surface area contributed by atoms with Gasteiger partial charge in [-0.05, 0) is 61.0 Å². The number of amides is 2. The van der Waals surface area contributed by atoms with Crippen LogP contribution in [0.25, 0.3) is 6.08 Å². The first kappa shape index (κ1) is 24.2. The van der Waals surface area contributed by atoms with E-state index in [1.165, 1.54) is 6.08 Å². The molecule has 174 valence electrons. The van der Waals surface area contributed by atoms with Gasteiger partial charge in [0.1, 0.15) is 0 Å². The molecule has 1 aliphatic rings. The van der Waals surface area contributed by atoms with E-state index in [4.69, 9.17) is 26.4 Å². The maximum absolute atomic E-state index is 12.6. The summed E-state index contributed by atoms with van der Waals surface area (Å²) in [5.74, 6) is 0.508. The zero-order valence-electron chi connectivity index (χ0n) is 18.6. The van der Waals surface area contributed by atoms with Gasteiger partial charge in [0.05, 0.1) is 31.6 Å². The summed E-state index contributed by atoms with van der Waals surface area (Å²) in [6, 6.07) is 12.3. The van der Waals surface area contributed by atoms with E-state index in [9.17, 15) is 9.59 Å². The van der Waals surface area contributed by atoms with Crippen LogP contribution in [0.2, 0.25) is 0 Å². The number of nitrogens with one attached hydrogen (secondary N) is 3. The molecule has 2 aromatic carbocycles. The Morgan fingerprint density at radius 2 is 1.94 bits per heavy atom. The van der Waals surface area contributed by atoms with E-state index in [1.807, 2.05) is 0 Å². The molecule has 3 rings (SSSR count). The van der Waals surface area contributed by atoms with E-state index in [-0.39, 0.29) is 17.1 Å². The molecule has 0 aliphatic carbocycles. The number of rotatable bonds is 8. The highest BCUT2D eigenvalue weighted by molar-refractivity contribution is 7.80. The van der Waals surface area contributed by atoms with E-state index < -0.39 is 5.91 Å². The van der Waals surface area contributed by atoms with Crippen LogP contribution in [-0.4, -0.2) is 50.4 Å². The van der Waals surface area contributed by atoms with Gasteiger partial charge >= 0.3 is 0 Å². The average molecular weight is 470 g/mol. The number of carbonyl (C=O) groups excluding carboxylic acids is 2. The number of benzene rings is 2. The third-order valence-electron chi connectivity index (χ3n) is 5.01. The summed E-state index contributed by atoms with van der Waals surface area (Å²) in [5, 5.41) is 8.46. The van der Waals surface area contributed by atoms with Gasteiger partial charge in [0.2, 0.25) is 5.91 Å². The number of ether oxygens (including phenoxy) is 3. The van der Waals surface area contributed by atoms with Gasteiger partial charge in [-0.3, -0.25) is 14.9 Å². The molecule has 0 bridgehead atoms. The van der Waals surface area contributed by atoms with Crippen LogP contribution >= 0.6 is 12.2 Å². The maximum Gasteiger partial charge on any atom is 0.253 e. The number of para-hydroxylation sites is 1. The Morgan fingerprint density at radius 1 is 1.15 bits per heavy atom. The lowest BCUT2D eigenvalue weighted by Gasteiger charge is -2.14. The predicted molar refractivity (Wildman–Crippen MR) is 131 cm³/mol. The third-order valence-corrected chi connectivity index (χ3v) is 5.21. The molecule has 8 nitrogen and oxygen atoms in total. The smallest absolute Gasteiger partial charge is 0.253 e. The van der Waals surface area contributed by atoms with Crippen LogP contribution < -0.4 is 25.4 Å². The largest absolute Gasteiger partial charge is 0.493 e.